The van der Waals surface area contributed by atoms with Crippen LogP contribution in [0.5, 0.6) is 5.75 Å². The first-order valence-corrected chi connectivity index (χ1v) is 9.26. The van der Waals surface area contributed by atoms with Crippen LogP contribution in [-0.2, 0) is 10.0 Å². The Bertz CT molecular complexity index is 631. The molecule has 1 aliphatic rings. The SMILES string of the molecule is COc1cc(Br)c(S(=O)(=O)NC2(CN)CCCC2)cc1Cl. The number of ether oxygens (including phenoxy) is 1. The van der Waals surface area contributed by atoms with E-state index >= 15 is 0 Å². The first-order valence-electron chi connectivity index (χ1n) is 6.61. The summed E-state index contributed by atoms with van der Waals surface area (Å²) in [5.41, 5.74) is 5.23. The van der Waals surface area contributed by atoms with Gasteiger partial charge in [-0.2, -0.15) is 0 Å². The normalized spacial score (nSPS) is 17.9. The molecule has 0 amide bonds. The molecule has 3 N–H and O–H groups in total. The number of nitrogens with one attached hydrogen (secondary N) is 1. The summed E-state index contributed by atoms with van der Waals surface area (Å²) in [5.74, 6) is 0.414. The third-order valence-corrected chi connectivity index (χ3v) is 6.63. The van der Waals surface area contributed by atoms with Crippen molar-refractivity contribution in [2.45, 2.75) is 36.1 Å². The molecule has 0 radical (unpaired) electrons. The first kappa shape index (κ1) is 17.0. The summed E-state index contributed by atoms with van der Waals surface area (Å²) in [6, 6.07) is 2.92. The molecule has 118 valence electrons. The Kier molecular flexibility index (Phi) is 5.20. The van der Waals surface area contributed by atoms with Gasteiger partial charge >= 0.3 is 0 Å². The molecule has 0 heterocycles. The molecule has 0 aromatic heterocycles. The standard InChI is InChI=1S/C13H18BrClN2O3S/c1-20-11-6-9(14)12(7-10(11)15)21(18,19)17-13(8-16)4-2-3-5-13/h6-7,17H,2-5,8,16H2,1H3. The van der Waals surface area contributed by atoms with Gasteiger partial charge in [0.2, 0.25) is 10.0 Å². The molecule has 8 heteroatoms. The van der Waals surface area contributed by atoms with E-state index in [9.17, 15) is 8.42 Å². The van der Waals surface area contributed by atoms with Gasteiger partial charge in [-0.05, 0) is 40.9 Å². The third kappa shape index (κ3) is 3.53. The highest BCUT2D eigenvalue weighted by atomic mass is 79.9. The van der Waals surface area contributed by atoms with Crippen LogP contribution in [0.15, 0.2) is 21.5 Å². The second kappa shape index (κ2) is 6.42. The van der Waals surface area contributed by atoms with Crippen molar-refractivity contribution in [2.75, 3.05) is 13.7 Å². The topological polar surface area (TPSA) is 81.4 Å². The van der Waals surface area contributed by atoms with E-state index in [2.05, 4.69) is 20.7 Å². The van der Waals surface area contributed by atoms with Crippen molar-refractivity contribution in [3.63, 3.8) is 0 Å². The van der Waals surface area contributed by atoms with Crippen LogP contribution >= 0.6 is 27.5 Å². The highest BCUT2D eigenvalue weighted by Gasteiger charge is 2.37. The van der Waals surface area contributed by atoms with Crippen LogP contribution in [-0.4, -0.2) is 27.6 Å². The predicted octanol–water partition coefficient (Wildman–Crippen LogP) is 2.66. The van der Waals surface area contributed by atoms with Gasteiger partial charge in [0.1, 0.15) is 5.75 Å². The number of sulfonamides is 1. The van der Waals surface area contributed by atoms with Gasteiger partial charge in [0, 0.05) is 16.6 Å². The molecule has 0 unspecified atom stereocenters. The molecular formula is C13H18BrClN2O3S. The maximum Gasteiger partial charge on any atom is 0.242 e. The molecular weight excluding hydrogens is 380 g/mol. The molecule has 0 spiro atoms. The zero-order valence-corrected chi connectivity index (χ0v) is 14.8. The van der Waals surface area contributed by atoms with Gasteiger partial charge in [-0.15, -0.1) is 0 Å². The molecule has 0 atom stereocenters. The van der Waals surface area contributed by atoms with Crippen LogP contribution in [0.3, 0.4) is 0 Å². The smallest absolute Gasteiger partial charge is 0.242 e. The van der Waals surface area contributed by atoms with Gasteiger partial charge in [0.25, 0.3) is 0 Å². The van der Waals surface area contributed by atoms with Crippen molar-refractivity contribution in [3.05, 3.63) is 21.6 Å². The lowest BCUT2D eigenvalue weighted by atomic mass is 10.0. The molecule has 1 saturated carbocycles. The molecule has 1 aromatic carbocycles. The van der Waals surface area contributed by atoms with Crippen LogP contribution in [0, 0.1) is 0 Å². The minimum Gasteiger partial charge on any atom is -0.495 e. The van der Waals surface area contributed by atoms with E-state index < -0.39 is 15.6 Å². The Morgan fingerprint density at radius 1 is 1.43 bits per heavy atom. The molecule has 21 heavy (non-hydrogen) atoms. The summed E-state index contributed by atoms with van der Waals surface area (Å²) in [4.78, 5) is 0.0908. The molecule has 1 fully saturated rings. The number of hydrogen-bond acceptors (Lipinski definition) is 4. The summed E-state index contributed by atoms with van der Waals surface area (Å²) in [5, 5.41) is 0.245. The lowest BCUT2D eigenvalue weighted by molar-refractivity contribution is 0.399. The fraction of sp³-hybridized carbons (Fsp3) is 0.538. The number of rotatable bonds is 5. The van der Waals surface area contributed by atoms with Crippen LogP contribution < -0.4 is 15.2 Å². The van der Waals surface area contributed by atoms with Crippen molar-refractivity contribution >= 4 is 37.6 Å². The maximum atomic E-state index is 12.6. The van der Waals surface area contributed by atoms with E-state index in [1.54, 1.807) is 6.07 Å². The summed E-state index contributed by atoms with van der Waals surface area (Å²) in [7, 11) is -2.24. The summed E-state index contributed by atoms with van der Waals surface area (Å²) in [6.45, 7) is 0.285. The fourth-order valence-electron chi connectivity index (χ4n) is 2.61. The summed E-state index contributed by atoms with van der Waals surface area (Å²) in [6.07, 6.45) is 3.46. The Balaban J connectivity index is 2.38. The lowest BCUT2D eigenvalue weighted by Crippen LogP contribution is -2.51. The van der Waals surface area contributed by atoms with E-state index in [0.29, 0.717) is 10.2 Å². The van der Waals surface area contributed by atoms with E-state index in [1.165, 1.54) is 13.2 Å². The monoisotopic (exact) mass is 396 g/mol. The molecule has 0 bridgehead atoms. The third-order valence-electron chi connectivity index (χ3n) is 3.80. The second-order valence-electron chi connectivity index (χ2n) is 5.21. The molecule has 5 nitrogen and oxygen atoms in total. The van der Waals surface area contributed by atoms with Crippen LogP contribution in [0.2, 0.25) is 5.02 Å². The summed E-state index contributed by atoms with van der Waals surface area (Å²) < 4.78 is 33.5. The molecule has 1 aliphatic carbocycles. The second-order valence-corrected chi connectivity index (χ2v) is 8.13. The Morgan fingerprint density at radius 2 is 2.05 bits per heavy atom. The molecule has 0 aliphatic heterocycles. The van der Waals surface area contributed by atoms with Crippen molar-refractivity contribution in [1.82, 2.24) is 4.72 Å². The average Bonchev–Trinajstić information content (AvgIpc) is 2.89. The van der Waals surface area contributed by atoms with Gasteiger partial charge in [-0.25, -0.2) is 13.1 Å². The first-order chi connectivity index (χ1) is 9.83. The number of methoxy groups -OCH3 is 1. The van der Waals surface area contributed by atoms with E-state index in [4.69, 9.17) is 22.1 Å². The Hall–Kier alpha value is -0.340. The van der Waals surface area contributed by atoms with E-state index in [0.717, 1.165) is 25.7 Å². The maximum absolute atomic E-state index is 12.6. The Morgan fingerprint density at radius 3 is 2.57 bits per heavy atom. The average molecular weight is 398 g/mol. The van der Waals surface area contributed by atoms with Crippen molar-refractivity contribution < 1.29 is 13.2 Å². The molecule has 0 saturated heterocycles. The van der Waals surface area contributed by atoms with Crippen molar-refractivity contribution in [2.24, 2.45) is 5.73 Å². The Labute approximate surface area is 138 Å². The quantitative estimate of drug-likeness (QED) is 0.800. The largest absolute Gasteiger partial charge is 0.495 e. The zero-order chi connectivity index (χ0) is 15.7. The van der Waals surface area contributed by atoms with E-state index in [1.807, 2.05) is 0 Å². The van der Waals surface area contributed by atoms with E-state index in [-0.39, 0.29) is 16.5 Å². The summed E-state index contributed by atoms with van der Waals surface area (Å²) >= 11 is 9.29. The van der Waals surface area contributed by atoms with Crippen LogP contribution in [0.25, 0.3) is 0 Å². The van der Waals surface area contributed by atoms with Gasteiger partial charge < -0.3 is 10.5 Å². The fourth-order valence-corrected chi connectivity index (χ4v) is 5.44. The molecule has 2 rings (SSSR count). The number of nitrogens with two attached hydrogens (primary N) is 1. The van der Waals surface area contributed by atoms with Crippen LogP contribution in [0.1, 0.15) is 25.7 Å². The number of halogens is 2. The highest BCUT2D eigenvalue weighted by Crippen LogP contribution is 2.36. The lowest BCUT2D eigenvalue weighted by Gasteiger charge is -2.28. The molecule has 1 aromatic rings. The number of benzene rings is 1. The van der Waals surface area contributed by atoms with Crippen molar-refractivity contribution in [1.29, 1.82) is 0 Å². The predicted molar refractivity (Wildman–Crippen MR) is 86.3 cm³/mol. The highest BCUT2D eigenvalue weighted by molar-refractivity contribution is 9.10. The van der Waals surface area contributed by atoms with Crippen molar-refractivity contribution in [3.8, 4) is 5.75 Å². The van der Waals surface area contributed by atoms with Gasteiger partial charge in [-0.1, -0.05) is 24.4 Å². The zero-order valence-electron chi connectivity index (χ0n) is 11.7. The number of hydrogen-bond donors (Lipinski definition) is 2. The van der Waals surface area contributed by atoms with Gasteiger partial charge in [-0.3, -0.25) is 0 Å². The van der Waals surface area contributed by atoms with Gasteiger partial charge in [0.15, 0.2) is 0 Å². The van der Waals surface area contributed by atoms with Crippen LogP contribution in [0.4, 0.5) is 0 Å². The minimum atomic E-state index is -3.71. The van der Waals surface area contributed by atoms with Gasteiger partial charge in [0.05, 0.1) is 17.0 Å². The minimum absolute atomic E-state index is 0.0908.